The van der Waals surface area contributed by atoms with E-state index >= 15 is 0 Å². The van der Waals surface area contributed by atoms with Crippen molar-refractivity contribution in [3.8, 4) is 0 Å². The molecule has 0 unspecified atom stereocenters. The van der Waals surface area contributed by atoms with Crippen LogP contribution in [0.25, 0.3) is 0 Å². The van der Waals surface area contributed by atoms with Gasteiger partial charge in [-0.05, 0) is 62.0 Å². The SMILES string of the molecule is CCNC(=NCC1(C2CC2)CC1)NCCc1ccccc1F. The number of halogens is 1. The van der Waals surface area contributed by atoms with E-state index in [0.29, 0.717) is 18.4 Å². The summed E-state index contributed by atoms with van der Waals surface area (Å²) in [5.74, 6) is 1.67. The molecule has 0 bridgehead atoms. The fourth-order valence-electron chi connectivity index (χ4n) is 3.15. The van der Waals surface area contributed by atoms with Crippen molar-refractivity contribution in [2.24, 2.45) is 16.3 Å². The molecule has 0 spiro atoms. The third kappa shape index (κ3) is 3.79. The Balaban J connectivity index is 1.50. The molecule has 120 valence electrons. The van der Waals surface area contributed by atoms with Gasteiger partial charge in [-0.3, -0.25) is 4.99 Å². The highest BCUT2D eigenvalue weighted by Crippen LogP contribution is 2.61. The normalized spacial score (nSPS) is 19.8. The molecule has 0 atom stereocenters. The lowest BCUT2D eigenvalue weighted by Gasteiger charge is -2.15. The fourth-order valence-corrected chi connectivity index (χ4v) is 3.15. The van der Waals surface area contributed by atoms with Crippen LogP contribution in [0.15, 0.2) is 29.3 Å². The van der Waals surface area contributed by atoms with Crippen molar-refractivity contribution in [3.63, 3.8) is 0 Å². The Labute approximate surface area is 132 Å². The summed E-state index contributed by atoms with van der Waals surface area (Å²) < 4.78 is 13.6. The van der Waals surface area contributed by atoms with Gasteiger partial charge in [0.2, 0.25) is 0 Å². The average Bonchev–Trinajstić information content (AvgIpc) is 3.38. The molecule has 22 heavy (non-hydrogen) atoms. The third-order valence-corrected chi connectivity index (χ3v) is 4.88. The molecule has 2 aliphatic rings. The van der Waals surface area contributed by atoms with Crippen LogP contribution in [0.3, 0.4) is 0 Å². The lowest BCUT2D eigenvalue weighted by molar-refractivity contribution is 0.452. The van der Waals surface area contributed by atoms with Gasteiger partial charge < -0.3 is 10.6 Å². The van der Waals surface area contributed by atoms with Gasteiger partial charge in [-0.25, -0.2) is 4.39 Å². The number of rotatable bonds is 7. The lowest BCUT2D eigenvalue weighted by atomic mass is 10.0. The molecule has 2 fully saturated rings. The minimum Gasteiger partial charge on any atom is -0.357 e. The first-order chi connectivity index (χ1) is 10.7. The summed E-state index contributed by atoms with van der Waals surface area (Å²) in [4.78, 5) is 4.76. The summed E-state index contributed by atoms with van der Waals surface area (Å²) in [5, 5.41) is 6.62. The summed E-state index contributed by atoms with van der Waals surface area (Å²) >= 11 is 0. The number of guanidine groups is 1. The minimum absolute atomic E-state index is 0.128. The maximum Gasteiger partial charge on any atom is 0.191 e. The minimum atomic E-state index is -0.128. The van der Waals surface area contributed by atoms with Crippen LogP contribution in [0, 0.1) is 17.2 Å². The fraction of sp³-hybridized carbons (Fsp3) is 0.611. The van der Waals surface area contributed by atoms with Crippen LogP contribution in [0.4, 0.5) is 4.39 Å². The second-order valence-electron chi connectivity index (χ2n) is 6.60. The van der Waals surface area contributed by atoms with Gasteiger partial charge in [0, 0.05) is 19.6 Å². The van der Waals surface area contributed by atoms with E-state index in [1.54, 1.807) is 6.07 Å². The molecule has 0 saturated heterocycles. The first-order valence-electron chi connectivity index (χ1n) is 8.49. The lowest BCUT2D eigenvalue weighted by Crippen LogP contribution is -2.39. The highest BCUT2D eigenvalue weighted by Gasteiger charge is 2.53. The van der Waals surface area contributed by atoms with Crippen LogP contribution in [0.2, 0.25) is 0 Å². The third-order valence-electron chi connectivity index (χ3n) is 4.88. The number of nitrogens with zero attached hydrogens (tertiary/aromatic N) is 1. The van der Waals surface area contributed by atoms with E-state index in [2.05, 4.69) is 17.6 Å². The molecule has 3 nitrogen and oxygen atoms in total. The molecule has 0 radical (unpaired) electrons. The van der Waals surface area contributed by atoms with Gasteiger partial charge in [-0.2, -0.15) is 0 Å². The van der Waals surface area contributed by atoms with Crippen LogP contribution < -0.4 is 10.6 Å². The van der Waals surface area contributed by atoms with E-state index in [9.17, 15) is 4.39 Å². The molecule has 0 aromatic heterocycles. The molecular weight excluding hydrogens is 277 g/mol. The zero-order valence-corrected chi connectivity index (χ0v) is 13.4. The van der Waals surface area contributed by atoms with Crippen LogP contribution in [-0.4, -0.2) is 25.6 Å². The first kappa shape index (κ1) is 15.3. The Morgan fingerprint density at radius 2 is 2.05 bits per heavy atom. The number of benzene rings is 1. The Kier molecular flexibility index (Phi) is 4.65. The van der Waals surface area contributed by atoms with E-state index in [1.807, 2.05) is 12.1 Å². The zero-order valence-electron chi connectivity index (χ0n) is 13.4. The van der Waals surface area contributed by atoms with Crippen molar-refractivity contribution in [1.82, 2.24) is 10.6 Å². The molecule has 1 aromatic rings. The second kappa shape index (κ2) is 6.67. The molecule has 2 aliphatic carbocycles. The van der Waals surface area contributed by atoms with Gasteiger partial charge in [-0.1, -0.05) is 18.2 Å². The number of hydrogen-bond acceptors (Lipinski definition) is 1. The molecule has 0 aliphatic heterocycles. The number of aliphatic imine (C=N–C) groups is 1. The van der Waals surface area contributed by atoms with Crippen molar-refractivity contribution in [2.45, 2.75) is 39.0 Å². The number of hydrogen-bond donors (Lipinski definition) is 2. The van der Waals surface area contributed by atoms with Crippen LogP contribution in [0.5, 0.6) is 0 Å². The predicted molar refractivity (Wildman–Crippen MR) is 88.5 cm³/mol. The summed E-state index contributed by atoms with van der Waals surface area (Å²) in [7, 11) is 0. The topological polar surface area (TPSA) is 36.4 Å². The van der Waals surface area contributed by atoms with Gasteiger partial charge >= 0.3 is 0 Å². The van der Waals surface area contributed by atoms with E-state index in [0.717, 1.165) is 30.5 Å². The van der Waals surface area contributed by atoms with Crippen LogP contribution >= 0.6 is 0 Å². The quantitative estimate of drug-likeness (QED) is 0.600. The molecular formula is C18H26FN3. The largest absolute Gasteiger partial charge is 0.357 e. The predicted octanol–water partition coefficient (Wildman–Crippen LogP) is 3.11. The van der Waals surface area contributed by atoms with E-state index in [1.165, 1.54) is 31.7 Å². The maximum absolute atomic E-state index is 13.6. The monoisotopic (exact) mass is 303 g/mol. The Hall–Kier alpha value is -1.58. The van der Waals surface area contributed by atoms with Gasteiger partial charge in [-0.15, -0.1) is 0 Å². The van der Waals surface area contributed by atoms with Gasteiger partial charge in [0.15, 0.2) is 5.96 Å². The molecule has 4 heteroatoms. The first-order valence-corrected chi connectivity index (χ1v) is 8.49. The van der Waals surface area contributed by atoms with Crippen LogP contribution in [0.1, 0.15) is 38.2 Å². The zero-order chi connectivity index (χ0) is 15.4. The molecule has 3 rings (SSSR count). The highest BCUT2D eigenvalue weighted by atomic mass is 19.1. The molecule has 0 heterocycles. The van der Waals surface area contributed by atoms with Crippen molar-refractivity contribution in [2.75, 3.05) is 19.6 Å². The smallest absolute Gasteiger partial charge is 0.191 e. The number of nitrogens with one attached hydrogen (secondary N) is 2. The summed E-state index contributed by atoms with van der Waals surface area (Å²) in [5.41, 5.74) is 1.27. The summed E-state index contributed by atoms with van der Waals surface area (Å²) in [6, 6.07) is 6.96. The van der Waals surface area contributed by atoms with Crippen molar-refractivity contribution < 1.29 is 4.39 Å². The molecule has 0 amide bonds. The summed E-state index contributed by atoms with van der Waals surface area (Å²) in [6.07, 6.45) is 6.15. The Bertz CT molecular complexity index is 533. The van der Waals surface area contributed by atoms with Gasteiger partial charge in [0.05, 0.1) is 0 Å². The molecule has 1 aromatic carbocycles. The van der Waals surface area contributed by atoms with E-state index in [4.69, 9.17) is 4.99 Å². The van der Waals surface area contributed by atoms with Crippen molar-refractivity contribution >= 4 is 5.96 Å². The highest BCUT2D eigenvalue weighted by molar-refractivity contribution is 5.79. The van der Waals surface area contributed by atoms with Crippen molar-refractivity contribution in [3.05, 3.63) is 35.6 Å². The second-order valence-corrected chi connectivity index (χ2v) is 6.60. The Morgan fingerprint density at radius 1 is 1.27 bits per heavy atom. The van der Waals surface area contributed by atoms with Crippen molar-refractivity contribution in [1.29, 1.82) is 0 Å². The van der Waals surface area contributed by atoms with Gasteiger partial charge in [0.25, 0.3) is 0 Å². The van der Waals surface area contributed by atoms with E-state index < -0.39 is 0 Å². The Morgan fingerprint density at radius 3 is 2.68 bits per heavy atom. The standard InChI is InChI=1S/C18H26FN3/c1-2-20-17(22-13-18(10-11-18)15-7-8-15)21-12-9-14-5-3-4-6-16(14)19/h3-6,15H,2,7-13H2,1H3,(H2,20,21,22). The maximum atomic E-state index is 13.6. The van der Waals surface area contributed by atoms with Gasteiger partial charge in [0.1, 0.15) is 5.82 Å². The summed E-state index contributed by atoms with van der Waals surface area (Å²) in [6.45, 7) is 4.56. The molecule has 2 N–H and O–H groups in total. The van der Waals surface area contributed by atoms with Crippen LogP contribution in [-0.2, 0) is 6.42 Å². The van der Waals surface area contributed by atoms with E-state index in [-0.39, 0.29) is 5.82 Å². The average molecular weight is 303 g/mol. The molecule has 2 saturated carbocycles.